The molecule has 0 spiro atoms. The van der Waals surface area contributed by atoms with E-state index in [1.54, 1.807) is 26.4 Å². The molecule has 29 heavy (non-hydrogen) atoms. The summed E-state index contributed by atoms with van der Waals surface area (Å²) in [6, 6.07) is 13.9. The molecule has 1 fully saturated rings. The van der Waals surface area contributed by atoms with Gasteiger partial charge < -0.3 is 19.5 Å². The Hall–Kier alpha value is -2.83. The fourth-order valence-corrected chi connectivity index (χ4v) is 3.13. The number of hydrogen-bond acceptors (Lipinski definition) is 5. The third kappa shape index (κ3) is 6.62. The molecule has 0 bridgehead atoms. The van der Waals surface area contributed by atoms with Crippen molar-refractivity contribution in [3.05, 3.63) is 65.2 Å². The maximum Gasteiger partial charge on any atom is 0.244 e. The molecule has 1 amide bonds. The zero-order valence-electron chi connectivity index (χ0n) is 17.0. The van der Waals surface area contributed by atoms with E-state index in [9.17, 15) is 4.79 Å². The highest BCUT2D eigenvalue weighted by molar-refractivity contribution is 5.91. The predicted octanol–water partition coefficient (Wildman–Crippen LogP) is 2.87. The number of methoxy groups -OCH3 is 2. The summed E-state index contributed by atoms with van der Waals surface area (Å²) in [7, 11) is 3.20. The SMILES string of the molecule is COc1cc(/C=C/C(=O)NCc2ccc(CN3CCOCC3)cc2)cc(OC)c1. The maximum absolute atomic E-state index is 12.1. The molecule has 1 aliphatic rings. The van der Waals surface area contributed by atoms with E-state index in [1.165, 1.54) is 11.6 Å². The Morgan fingerprint density at radius 1 is 1.03 bits per heavy atom. The third-order valence-electron chi connectivity index (χ3n) is 4.80. The van der Waals surface area contributed by atoms with Crippen LogP contribution in [0.1, 0.15) is 16.7 Å². The van der Waals surface area contributed by atoms with Crippen LogP contribution < -0.4 is 14.8 Å². The average molecular weight is 396 g/mol. The van der Waals surface area contributed by atoms with Gasteiger partial charge in [0.1, 0.15) is 11.5 Å². The van der Waals surface area contributed by atoms with Crippen molar-refractivity contribution in [2.24, 2.45) is 0 Å². The smallest absolute Gasteiger partial charge is 0.244 e. The lowest BCUT2D eigenvalue weighted by Crippen LogP contribution is -2.35. The molecule has 0 atom stereocenters. The van der Waals surface area contributed by atoms with Crippen molar-refractivity contribution in [3.8, 4) is 11.5 Å². The second-order valence-electron chi connectivity index (χ2n) is 6.90. The molecular weight excluding hydrogens is 368 g/mol. The number of hydrogen-bond donors (Lipinski definition) is 1. The molecule has 1 aliphatic heterocycles. The standard InChI is InChI=1S/C23H28N2O4/c1-27-21-13-20(14-22(15-21)28-2)7-8-23(26)24-16-18-3-5-19(6-4-18)17-25-9-11-29-12-10-25/h3-8,13-15H,9-12,16-17H2,1-2H3,(H,24,26)/b8-7+. The van der Waals surface area contributed by atoms with Gasteiger partial charge in [-0.3, -0.25) is 9.69 Å². The lowest BCUT2D eigenvalue weighted by atomic mass is 10.1. The van der Waals surface area contributed by atoms with Gasteiger partial charge >= 0.3 is 0 Å². The van der Waals surface area contributed by atoms with E-state index >= 15 is 0 Å². The molecule has 2 aromatic rings. The molecule has 0 unspecified atom stereocenters. The molecule has 3 rings (SSSR count). The van der Waals surface area contributed by atoms with Gasteiger partial charge in [-0.1, -0.05) is 24.3 Å². The molecule has 154 valence electrons. The number of nitrogens with one attached hydrogen (secondary N) is 1. The van der Waals surface area contributed by atoms with Gasteiger partial charge in [0.2, 0.25) is 5.91 Å². The first-order valence-corrected chi connectivity index (χ1v) is 9.73. The minimum Gasteiger partial charge on any atom is -0.497 e. The molecule has 0 aliphatic carbocycles. The summed E-state index contributed by atoms with van der Waals surface area (Å²) in [6.45, 7) is 4.98. The van der Waals surface area contributed by atoms with Crippen LogP contribution in [0, 0.1) is 0 Å². The van der Waals surface area contributed by atoms with E-state index in [0.29, 0.717) is 18.0 Å². The maximum atomic E-state index is 12.1. The Balaban J connectivity index is 1.49. The molecule has 1 N–H and O–H groups in total. The first-order valence-electron chi connectivity index (χ1n) is 9.73. The predicted molar refractivity (Wildman–Crippen MR) is 113 cm³/mol. The lowest BCUT2D eigenvalue weighted by Gasteiger charge is -2.26. The number of carbonyl (C=O) groups excluding carboxylic acids is 1. The van der Waals surface area contributed by atoms with Crippen molar-refractivity contribution < 1.29 is 19.0 Å². The fraction of sp³-hybridized carbons (Fsp3) is 0.348. The number of carbonyl (C=O) groups is 1. The molecule has 0 radical (unpaired) electrons. The van der Waals surface area contributed by atoms with Gasteiger partial charge in [0.15, 0.2) is 0 Å². The summed E-state index contributed by atoms with van der Waals surface area (Å²) < 4.78 is 15.9. The van der Waals surface area contributed by atoms with Crippen molar-refractivity contribution >= 4 is 12.0 Å². The van der Waals surface area contributed by atoms with Crippen molar-refractivity contribution in [1.82, 2.24) is 10.2 Å². The Bertz CT molecular complexity index is 805. The summed E-state index contributed by atoms with van der Waals surface area (Å²) >= 11 is 0. The second kappa shape index (κ2) is 10.6. The van der Waals surface area contributed by atoms with Crippen molar-refractivity contribution in [2.45, 2.75) is 13.1 Å². The van der Waals surface area contributed by atoms with Crippen molar-refractivity contribution in [3.63, 3.8) is 0 Å². The van der Waals surface area contributed by atoms with E-state index < -0.39 is 0 Å². The van der Waals surface area contributed by atoms with Crippen LogP contribution in [0.25, 0.3) is 6.08 Å². The topological polar surface area (TPSA) is 60.0 Å². The van der Waals surface area contributed by atoms with E-state index in [1.807, 2.05) is 12.1 Å². The molecule has 2 aromatic carbocycles. The van der Waals surface area contributed by atoms with Crippen molar-refractivity contribution in [1.29, 1.82) is 0 Å². The van der Waals surface area contributed by atoms with Gasteiger partial charge in [-0.05, 0) is 34.9 Å². The fourth-order valence-electron chi connectivity index (χ4n) is 3.13. The summed E-state index contributed by atoms with van der Waals surface area (Å²) in [6.07, 6.45) is 3.26. The Labute approximate surface area is 172 Å². The van der Waals surface area contributed by atoms with Crippen LogP contribution in [0.5, 0.6) is 11.5 Å². The second-order valence-corrected chi connectivity index (χ2v) is 6.90. The van der Waals surface area contributed by atoms with E-state index in [2.05, 4.69) is 34.5 Å². The van der Waals surface area contributed by atoms with Crippen molar-refractivity contribution in [2.75, 3.05) is 40.5 Å². The Kier molecular flexibility index (Phi) is 7.67. The first-order chi connectivity index (χ1) is 14.2. The Morgan fingerprint density at radius 3 is 2.28 bits per heavy atom. The zero-order chi connectivity index (χ0) is 20.5. The quantitative estimate of drug-likeness (QED) is 0.696. The zero-order valence-corrected chi connectivity index (χ0v) is 17.0. The van der Waals surface area contributed by atoms with Crippen LogP contribution >= 0.6 is 0 Å². The summed E-state index contributed by atoms with van der Waals surface area (Å²) in [4.78, 5) is 14.5. The van der Waals surface area contributed by atoms with Gasteiger partial charge in [0.25, 0.3) is 0 Å². The van der Waals surface area contributed by atoms with Crippen LogP contribution in [0.2, 0.25) is 0 Å². The normalized spacial score (nSPS) is 14.7. The van der Waals surface area contributed by atoms with Crippen LogP contribution in [-0.2, 0) is 22.6 Å². The number of rotatable bonds is 8. The monoisotopic (exact) mass is 396 g/mol. The molecular formula is C23H28N2O4. The van der Waals surface area contributed by atoms with Gasteiger partial charge in [0.05, 0.1) is 27.4 Å². The van der Waals surface area contributed by atoms with Crippen LogP contribution in [-0.4, -0.2) is 51.3 Å². The van der Waals surface area contributed by atoms with Crippen LogP contribution in [0.15, 0.2) is 48.5 Å². The minimum atomic E-state index is -0.149. The highest BCUT2D eigenvalue weighted by atomic mass is 16.5. The molecule has 0 aromatic heterocycles. The average Bonchev–Trinajstić information content (AvgIpc) is 2.77. The Morgan fingerprint density at radius 2 is 1.66 bits per heavy atom. The van der Waals surface area contributed by atoms with E-state index in [0.717, 1.165) is 44.0 Å². The van der Waals surface area contributed by atoms with Gasteiger partial charge in [0, 0.05) is 38.3 Å². The highest BCUT2D eigenvalue weighted by Crippen LogP contribution is 2.23. The van der Waals surface area contributed by atoms with E-state index in [-0.39, 0.29) is 5.91 Å². The number of ether oxygens (including phenoxy) is 3. The summed E-state index contributed by atoms with van der Waals surface area (Å²) in [5.74, 6) is 1.22. The highest BCUT2D eigenvalue weighted by Gasteiger charge is 2.10. The molecule has 1 heterocycles. The minimum absolute atomic E-state index is 0.149. The first kappa shape index (κ1) is 20.9. The van der Waals surface area contributed by atoms with E-state index in [4.69, 9.17) is 14.2 Å². The number of benzene rings is 2. The molecule has 1 saturated heterocycles. The van der Waals surface area contributed by atoms with Gasteiger partial charge in [-0.25, -0.2) is 0 Å². The number of nitrogens with zero attached hydrogens (tertiary/aromatic N) is 1. The third-order valence-corrected chi connectivity index (χ3v) is 4.80. The van der Waals surface area contributed by atoms with Crippen LogP contribution in [0.4, 0.5) is 0 Å². The molecule has 0 saturated carbocycles. The summed E-state index contributed by atoms with van der Waals surface area (Å²) in [5, 5.41) is 2.91. The van der Waals surface area contributed by atoms with Gasteiger partial charge in [-0.15, -0.1) is 0 Å². The largest absolute Gasteiger partial charge is 0.497 e. The number of morpholine rings is 1. The van der Waals surface area contributed by atoms with Crippen LogP contribution in [0.3, 0.4) is 0 Å². The molecule has 6 heteroatoms. The van der Waals surface area contributed by atoms with Gasteiger partial charge in [-0.2, -0.15) is 0 Å². The summed E-state index contributed by atoms with van der Waals surface area (Å²) in [5.41, 5.74) is 3.18. The lowest BCUT2D eigenvalue weighted by molar-refractivity contribution is -0.116. The molecule has 6 nitrogen and oxygen atoms in total. The number of amides is 1.